The molecule has 0 amide bonds. The fraction of sp³-hybridized carbons (Fsp3) is 0.833. The summed E-state index contributed by atoms with van der Waals surface area (Å²) in [5.41, 5.74) is 0. The minimum atomic E-state index is 0.359. The van der Waals surface area contributed by atoms with Gasteiger partial charge in [-0.3, -0.25) is 0 Å². The van der Waals surface area contributed by atoms with Crippen molar-refractivity contribution < 1.29 is 4.74 Å². The van der Waals surface area contributed by atoms with Crippen LogP contribution in [0.5, 0.6) is 0 Å². The number of ether oxygens (including phenoxy) is 1. The van der Waals surface area contributed by atoms with E-state index in [1.54, 1.807) is 6.33 Å². The molecule has 2 atom stereocenters. The van der Waals surface area contributed by atoms with Crippen molar-refractivity contribution in [1.29, 1.82) is 0 Å². The van der Waals surface area contributed by atoms with Crippen molar-refractivity contribution >= 4 is 0 Å². The standard InChI is InChI=1S/C12H22N4O/c1-3-6-16-12(14-9-15-16)8-13-10(2)11-5-4-7-17-11/h9-11,13H,3-8H2,1-2H3. The van der Waals surface area contributed by atoms with Crippen molar-refractivity contribution in [2.24, 2.45) is 0 Å². The molecule has 17 heavy (non-hydrogen) atoms. The van der Waals surface area contributed by atoms with Crippen molar-refractivity contribution in [2.45, 2.75) is 58.3 Å². The van der Waals surface area contributed by atoms with E-state index in [4.69, 9.17) is 4.74 Å². The third-order valence-corrected chi connectivity index (χ3v) is 3.24. The van der Waals surface area contributed by atoms with E-state index in [1.165, 1.54) is 6.42 Å². The Morgan fingerprint density at radius 1 is 1.65 bits per heavy atom. The molecule has 2 unspecified atom stereocenters. The highest BCUT2D eigenvalue weighted by Gasteiger charge is 2.22. The van der Waals surface area contributed by atoms with Crippen molar-refractivity contribution in [3.8, 4) is 0 Å². The average molecular weight is 238 g/mol. The first-order valence-corrected chi connectivity index (χ1v) is 6.53. The molecule has 0 saturated carbocycles. The SMILES string of the molecule is CCCn1ncnc1CNC(C)C1CCCO1. The van der Waals surface area contributed by atoms with Crippen LogP contribution in [0.1, 0.15) is 38.9 Å². The Balaban J connectivity index is 1.81. The zero-order chi connectivity index (χ0) is 12.1. The summed E-state index contributed by atoms with van der Waals surface area (Å²) in [7, 11) is 0. The zero-order valence-electron chi connectivity index (χ0n) is 10.7. The smallest absolute Gasteiger partial charge is 0.140 e. The van der Waals surface area contributed by atoms with Crippen LogP contribution in [-0.2, 0) is 17.8 Å². The van der Waals surface area contributed by atoms with Crippen molar-refractivity contribution in [3.63, 3.8) is 0 Å². The highest BCUT2D eigenvalue weighted by molar-refractivity contribution is 4.86. The largest absolute Gasteiger partial charge is 0.377 e. The molecule has 1 N–H and O–H groups in total. The lowest BCUT2D eigenvalue weighted by atomic mass is 10.1. The first kappa shape index (κ1) is 12.5. The average Bonchev–Trinajstić information content (AvgIpc) is 2.97. The van der Waals surface area contributed by atoms with Gasteiger partial charge in [0.2, 0.25) is 0 Å². The van der Waals surface area contributed by atoms with E-state index in [2.05, 4.69) is 29.2 Å². The summed E-state index contributed by atoms with van der Waals surface area (Å²) in [5, 5.41) is 7.69. The molecule has 0 bridgehead atoms. The Labute approximate surface area is 103 Å². The molecule has 1 fully saturated rings. The molecule has 2 heterocycles. The van der Waals surface area contributed by atoms with Gasteiger partial charge in [0.15, 0.2) is 0 Å². The minimum absolute atomic E-state index is 0.359. The van der Waals surface area contributed by atoms with Crippen LogP contribution in [0.15, 0.2) is 6.33 Å². The maximum atomic E-state index is 5.66. The molecule has 1 saturated heterocycles. The van der Waals surface area contributed by atoms with Crippen LogP contribution in [0.25, 0.3) is 0 Å². The van der Waals surface area contributed by atoms with Gasteiger partial charge < -0.3 is 10.1 Å². The van der Waals surface area contributed by atoms with E-state index in [1.807, 2.05) is 4.68 Å². The Kier molecular flexibility index (Phi) is 4.50. The van der Waals surface area contributed by atoms with E-state index in [9.17, 15) is 0 Å². The second kappa shape index (κ2) is 6.12. The van der Waals surface area contributed by atoms with Gasteiger partial charge in [-0.2, -0.15) is 5.10 Å². The normalized spacial score (nSPS) is 21.9. The van der Waals surface area contributed by atoms with Crippen molar-refractivity contribution in [2.75, 3.05) is 6.61 Å². The quantitative estimate of drug-likeness (QED) is 0.812. The molecule has 0 spiro atoms. The van der Waals surface area contributed by atoms with E-state index < -0.39 is 0 Å². The van der Waals surface area contributed by atoms with Crippen LogP contribution in [0.2, 0.25) is 0 Å². The highest BCUT2D eigenvalue weighted by atomic mass is 16.5. The molecule has 1 aliphatic heterocycles. The maximum absolute atomic E-state index is 5.66. The van der Waals surface area contributed by atoms with Gasteiger partial charge in [0, 0.05) is 19.2 Å². The van der Waals surface area contributed by atoms with Gasteiger partial charge in [-0.25, -0.2) is 9.67 Å². The molecule has 5 heteroatoms. The first-order chi connectivity index (χ1) is 8.31. The van der Waals surface area contributed by atoms with Gasteiger partial charge in [-0.05, 0) is 26.2 Å². The lowest BCUT2D eigenvalue weighted by Gasteiger charge is -2.19. The summed E-state index contributed by atoms with van der Waals surface area (Å²) < 4.78 is 7.62. The predicted octanol–water partition coefficient (Wildman–Crippen LogP) is 1.35. The summed E-state index contributed by atoms with van der Waals surface area (Å²) in [6.45, 7) is 6.93. The Morgan fingerprint density at radius 3 is 3.24 bits per heavy atom. The number of aryl methyl sites for hydroxylation is 1. The molecule has 0 aromatic carbocycles. The maximum Gasteiger partial charge on any atom is 0.140 e. The molecular formula is C12H22N4O. The molecule has 1 aliphatic rings. The molecule has 1 aromatic rings. The fourth-order valence-corrected chi connectivity index (χ4v) is 2.20. The summed E-state index contributed by atoms with van der Waals surface area (Å²) >= 11 is 0. The molecule has 2 rings (SSSR count). The predicted molar refractivity (Wildman–Crippen MR) is 65.6 cm³/mol. The number of hydrogen-bond acceptors (Lipinski definition) is 4. The molecule has 1 aromatic heterocycles. The van der Waals surface area contributed by atoms with Crippen LogP contribution in [0.3, 0.4) is 0 Å². The zero-order valence-corrected chi connectivity index (χ0v) is 10.7. The number of rotatable bonds is 6. The van der Waals surface area contributed by atoms with Gasteiger partial charge in [0.1, 0.15) is 12.2 Å². The Morgan fingerprint density at radius 2 is 2.53 bits per heavy atom. The summed E-state index contributed by atoms with van der Waals surface area (Å²) in [6, 6.07) is 0.379. The monoisotopic (exact) mass is 238 g/mol. The van der Waals surface area contributed by atoms with Gasteiger partial charge in [-0.15, -0.1) is 0 Å². The van der Waals surface area contributed by atoms with Crippen LogP contribution >= 0.6 is 0 Å². The van der Waals surface area contributed by atoms with E-state index >= 15 is 0 Å². The fourth-order valence-electron chi connectivity index (χ4n) is 2.20. The van der Waals surface area contributed by atoms with Gasteiger partial charge in [0.05, 0.1) is 12.6 Å². The topological polar surface area (TPSA) is 52.0 Å². The van der Waals surface area contributed by atoms with E-state index in [0.717, 1.165) is 38.4 Å². The number of aromatic nitrogens is 3. The van der Waals surface area contributed by atoms with Gasteiger partial charge in [0.25, 0.3) is 0 Å². The summed E-state index contributed by atoms with van der Waals surface area (Å²) in [5.74, 6) is 1.01. The summed E-state index contributed by atoms with van der Waals surface area (Å²) in [6.07, 6.45) is 5.41. The first-order valence-electron chi connectivity index (χ1n) is 6.53. The van der Waals surface area contributed by atoms with Gasteiger partial charge in [-0.1, -0.05) is 6.92 Å². The molecular weight excluding hydrogens is 216 g/mol. The Hall–Kier alpha value is -0.940. The van der Waals surface area contributed by atoms with E-state index in [0.29, 0.717) is 12.1 Å². The van der Waals surface area contributed by atoms with Crippen LogP contribution in [0, 0.1) is 0 Å². The van der Waals surface area contributed by atoms with Crippen LogP contribution in [-0.4, -0.2) is 33.5 Å². The third-order valence-electron chi connectivity index (χ3n) is 3.24. The van der Waals surface area contributed by atoms with E-state index in [-0.39, 0.29) is 0 Å². The van der Waals surface area contributed by atoms with Crippen molar-refractivity contribution in [3.05, 3.63) is 12.2 Å². The number of nitrogens with one attached hydrogen (secondary N) is 1. The molecule has 0 aliphatic carbocycles. The third kappa shape index (κ3) is 3.26. The lowest BCUT2D eigenvalue weighted by molar-refractivity contribution is 0.0828. The lowest BCUT2D eigenvalue weighted by Crippen LogP contribution is -2.37. The van der Waals surface area contributed by atoms with Crippen LogP contribution < -0.4 is 5.32 Å². The molecule has 96 valence electrons. The minimum Gasteiger partial charge on any atom is -0.377 e. The molecule has 5 nitrogen and oxygen atoms in total. The van der Waals surface area contributed by atoms with Crippen molar-refractivity contribution in [1.82, 2.24) is 20.1 Å². The molecule has 0 radical (unpaired) electrons. The number of nitrogens with zero attached hydrogens (tertiary/aromatic N) is 3. The second-order valence-electron chi connectivity index (χ2n) is 4.62. The Bertz CT molecular complexity index is 333. The summed E-state index contributed by atoms with van der Waals surface area (Å²) in [4.78, 5) is 4.28. The highest BCUT2D eigenvalue weighted by Crippen LogP contribution is 2.15. The van der Waals surface area contributed by atoms with Crippen LogP contribution in [0.4, 0.5) is 0 Å². The van der Waals surface area contributed by atoms with Gasteiger partial charge >= 0.3 is 0 Å². The number of hydrogen-bond donors (Lipinski definition) is 1. The second-order valence-corrected chi connectivity index (χ2v) is 4.62.